The smallest absolute Gasteiger partial charge is 0.188 e. The minimum absolute atomic E-state index is 0.851. The summed E-state index contributed by atoms with van der Waals surface area (Å²) in [5, 5.41) is 4.23. The Bertz CT molecular complexity index is 770. The summed E-state index contributed by atoms with van der Waals surface area (Å²) in [6.45, 7) is 2.07. The quantitative estimate of drug-likeness (QED) is 0.713. The Morgan fingerprint density at radius 1 is 1.25 bits per heavy atom. The molecule has 0 saturated carbocycles. The Kier molecular flexibility index (Phi) is 3.63. The molecule has 0 atom stereocenters. The summed E-state index contributed by atoms with van der Waals surface area (Å²) in [6.07, 6.45) is 0. The number of hydrogen-bond acceptors (Lipinski definition) is 4. The zero-order valence-corrected chi connectivity index (χ0v) is 13.5. The van der Waals surface area contributed by atoms with Crippen LogP contribution in [-0.2, 0) is 0 Å². The summed E-state index contributed by atoms with van der Waals surface area (Å²) in [5.41, 5.74) is 3.19. The van der Waals surface area contributed by atoms with E-state index in [4.69, 9.17) is 4.74 Å². The first-order valence-corrected chi connectivity index (χ1v) is 7.75. The summed E-state index contributed by atoms with van der Waals surface area (Å²) >= 11 is 5.21. The van der Waals surface area contributed by atoms with E-state index in [-0.39, 0.29) is 0 Å². The SMILES string of the molecule is COc1ccc2nc(Nc3cccc(C)c3Br)sc2c1. The van der Waals surface area contributed by atoms with Gasteiger partial charge in [0.2, 0.25) is 0 Å². The highest BCUT2D eigenvalue weighted by Crippen LogP contribution is 2.33. The molecule has 1 N–H and O–H groups in total. The number of halogens is 1. The number of fused-ring (bicyclic) bond motifs is 1. The summed E-state index contributed by atoms with van der Waals surface area (Å²) in [5.74, 6) is 0.851. The molecule has 0 fully saturated rings. The van der Waals surface area contributed by atoms with Crippen molar-refractivity contribution in [2.45, 2.75) is 6.92 Å². The average molecular weight is 349 g/mol. The van der Waals surface area contributed by atoms with Crippen molar-refractivity contribution in [1.29, 1.82) is 0 Å². The van der Waals surface area contributed by atoms with Crippen LogP contribution in [0.2, 0.25) is 0 Å². The highest BCUT2D eigenvalue weighted by atomic mass is 79.9. The minimum atomic E-state index is 0.851. The first-order valence-electron chi connectivity index (χ1n) is 6.14. The van der Waals surface area contributed by atoms with E-state index in [0.717, 1.165) is 31.3 Å². The van der Waals surface area contributed by atoms with Gasteiger partial charge in [-0.15, -0.1) is 0 Å². The average Bonchev–Trinajstić information content (AvgIpc) is 2.85. The van der Waals surface area contributed by atoms with Crippen LogP contribution < -0.4 is 10.1 Å². The molecule has 0 saturated heterocycles. The van der Waals surface area contributed by atoms with Crippen LogP contribution in [0.1, 0.15) is 5.56 Å². The van der Waals surface area contributed by atoms with Gasteiger partial charge in [0, 0.05) is 4.47 Å². The third kappa shape index (κ3) is 2.51. The maximum Gasteiger partial charge on any atom is 0.188 e. The molecule has 0 aliphatic carbocycles. The molecular weight excluding hydrogens is 336 g/mol. The molecule has 1 heterocycles. The predicted octanol–water partition coefficient (Wildman–Crippen LogP) is 5.12. The minimum Gasteiger partial charge on any atom is -0.497 e. The van der Waals surface area contributed by atoms with Crippen LogP contribution in [0.3, 0.4) is 0 Å². The van der Waals surface area contributed by atoms with Crippen LogP contribution in [0.4, 0.5) is 10.8 Å². The number of anilines is 2. The zero-order valence-electron chi connectivity index (χ0n) is 11.1. The molecule has 2 aromatic carbocycles. The number of aromatic nitrogens is 1. The van der Waals surface area contributed by atoms with Crippen LogP contribution in [-0.4, -0.2) is 12.1 Å². The first kappa shape index (κ1) is 13.4. The van der Waals surface area contributed by atoms with Gasteiger partial charge in [-0.3, -0.25) is 0 Å². The van der Waals surface area contributed by atoms with E-state index < -0.39 is 0 Å². The second-order valence-corrected chi connectivity index (χ2v) is 6.24. The maximum absolute atomic E-state index is 5.24. The van der Waals surface area contributed by atoms with Gasteiger partial charge in [0.1, 0.15) is 5.75 Å². The molecule has 0 aliphatic rings. The van der Waals surface area contributed by atoms with Crippen LogP contribution in [0, 0.1) is 6.92 Å². The van der Waals surface area contributed by atoms with E-state index in [0.29, 0.717) is 0 Å². The number of methoxy groups -OCH3 is 1. The lowest BCUT2D eigenvalue weighted by molar-refractivity contribution is 0.415. The Morgan fingerprint density at radius 3 is 2.90 bits per heavy atom. The molecule has 1 aromatic heterocycles. The molecule has 0 spiro atoms. The van der Waals surface area contributed by atoms with Crippen molar-refractivity contribution in [1.82, 2.24) is 4.98 Å². The number of nitrogens with zero attached hydrogens (tertiary/aromatic N) is 1. The number of hydrogen-bond donors (Lipinski definition) is 1. The maximum atomic E-state index is 5.24. The van der Waals surface area contributed by atoms with Gasteiger partial charge in [-0.2, -0.15) is 0 Å². The molecule has 3 nitrogen and oxygen atoms in total. The fourth-order valence-corrected chi connectivity index (χ4v) is 3.21. The molecule has 0 bridgehead atoms. The predicted molar refractivity (Wildman–Crippen MR) is 88.3 cm³/mol. The summed E-state index contributed by atoms with van der Waals surface area (Å²) in [4.78, 5) is 4.59. The van der Waals surface area contributed by atoms with Crippen molar-refractivity contribution >= 4 is 48.3 Å². The second kappa shape index (κ2) is 5.42. The van der Waals surface area contributed by atoms with Gasteiger partial charge in [-0.25, -0.2) is 4.98 Å². The van der Waals surface area contributed by atoms with Gasteiger partial charge in [0.05, 0.1) is 23.0 Å². The lowest BCUT2D eigenvalue weighted by atomic mass is 10.2. The largest absolute Gasteiger partial charge is 0.497 e. The molecule has 20 heavy (non-hydrogen) atoms. The number of ether oxygens (including phenoxy) is 1. The Hall–Kier alpha value is -1.59. The molecule has 3 aromatic rings. The highest BCUT2D eigenvalue weighted by Gasteiger charge is 2.08. The van der Waals surface area contributed by atoms with Crippen molar-refractivity contribution in [3.63, 3.8) is 0 Å². The van der Waals surface area contributed by atoms with Gasteiger partial charge in [-0.1, -0.05) is 23.5 Å². The monoisotopic (exact) mass is 348 g/mol. The Morgan fingerprint density at radius 2 is 2.10 bits per heavy atom. The molecular formula is C15H13BrN2OS. The van der Waals surface area contributed by atoms with Crippen molar-refractivity contribution in [3.8, 4) is 5.75 Å². The van der Waals surface area contributed by atoms with E-state index >= 15 is 0 Å². The van der Waals surface area contributed by atoms with E-state index in [1.807, 2.05) is 30.3 Å². The molecule has 102 valence electrons. The highest BCUT2D eigenvalue weighted by molar-refractivity contribution is 9.10. The first-order chi connectivity index (χ1) is 9.67. The molecule has 0 unspecified atom stereocenters. The number of aryl methyl sites for hydroxylation is 1. The van der Waals surface area contributed by atoms with E-state index in [9.17, 15) is 0 Å². The van der Waals surface area contributed by atoms with Crippen molar-refractivity contribution in [2.75, 3.05) is 12.4 Å². The third-order valence-electron chi connectivity index (χ3n) is 3.03. The van der Waals surface area contributed by atoms with Gasteiger partial charge in [0.15, 0.2) is 5.13 Å². The lowest BCUT2D eigenvalue weighted by Crippen LogP contribution is -1.91. The van der Waals surface area contributed by atoms with Crippen molar-refractivity contribution in [3.05, 3.63) is 46.4 Å². The normalized spacial score (nSPS) is 10.8. The molecule has 0 amide bonds. The van der Waals surface area contributed by atoms with Gasteiger partial charge >= 0.3 is 0 Å². The number of benzene rings is 2. The molecule has 3 rings (SSSR count). The van der Waals surface area contributed by atoms with Crippen LogP contribution in [0.15, 0.2) is 40.9 Å². The Labute approximate surface area is 129 Å². The van der Waals surface area contributed by atoms with Crippen molar-refractivity contribution in [2.24, 2.45) is 0 Å². The topological polar surface area (TPSA) is 34.1 Å². The summed E-state index contributed by atoms with van der Waals surface area (Å²) < 4.78 is 7.41. The summed E-state index contributed by atoms with van der Waals surface area (Å²) in [6, 6.07) is 12.0. The van der Waals surface area contributed by atoms with Crippen LogP contribution in [0.25, 0.3) is 10.2 Å². The van der Waals surface area contributed by atoms with Gasteiger partial charge < -0.3 is 10.1 Å². The molecule has 5 heteroatoms. The second-order valence-electron chi connectivity index (χ2n) is 4.41. The van der Waals surface area contributed by atoms with E-state index in [2.05, 4.69) is 39.2 Å². The number of thiazole rings is 1. The van der Waals surface area contributed by atoms with Crippen LogP contribution in [0.5, 0.6) is 5.75 Å². The zero-order chi connectivity index (χ0) is 14.1. The standard InChI is InChI=1S/C15H13BrN2OS/c1-9-4-3-5-12(14(9)16)18-15-17-11-7-6-10(19-2)8-13(11)20-15/h3-8H,1-2H3,(H,17,18). The van der Waals surface area contributed by atoms with Crippen molar-refractivity contribution < 1.29 is 4.74 Å². The fraction of sp³-hybridized carbons (Fsp3) is 0.133. The number of nitrogens with one attached hydrogen (secondary N) is 1. The lowest BCUT2D eigenvalue weighted by Gasteiger charge is -2.07. The molecule has 0 aliphatic heterocycles. The fourth-order valence-electron chi connectivity index (χ4n) is 1.94. The van der Waals surface area contributed by atoms with E-state index in [1.54, 1.807) is 18.4 Å². The number of rotatable bonds is 3. The van der Waals surface area contributed by atoms with Crippen LogP contribution >= 0.6 is 27.3 Å². The van der Waals surface area contributed by atoms with Gasteiger partial charge in [-0.05, 0) is 52.7 Å². The Balaban J connectivity index is 1.96. The van der Waals surface area contributed by atoms with E-state index in [1.165, 1.54) is 5.56 Å². The van der Waals surface area contributed by atoms with Gasteiger partial charge in [0.25, 0.3) is 0 Å². The molecule has 0 radical (unpaired) electrons. The summed E-state index contributed by atoms with van der Waals surface area (Å²) in [7, 11) is 1.67. The third-order valence-corrected chi connectivity index (χ3v) is 5.02.